The van der Waals surface area contributed by atoms with Crippen LogP contribution < -0.4 is 5.73 Å². The van der Waals surface area contributed by atoms with Crippen molar-refractivity contribution in [3.63, 3.8) is 0 Å². The third-order valence-electron chi connectivity index (χ3n) is 4.75. The molecule has 7 nitrogen and oxygen atoms in total. The third kappa shape index (κ3) is 4.16. The number of hydrogen-bond acceptors (Lipinski definition) is 5. The fourth-order valence-electron chi connectivity index (χ4n) is 3.33. The van der Waals surface area contributed by atoms with Crippen LogP contribution in [-0.2, 0) is 10.0 Å². The maximum absolute atomic E-state index is 12.7. The first kappa shape index (κ1) is 20.6. The number of hydrogen-bond donors (Lipinski definition) is 2. The smallest absolute Gasteiger partial charge is 0.270 e. The Morgan fingerprint density at radius 3 is 2.68 bits per heavy atom. The molecule has 0 aromatic carbocycles. The van der Waals surface area contributed by atoms with Crippen molar-refractivity contribution in [3.05, 3.63) is 18.0 Å². The molecule has 1 aromatic heterocycles. The van der Waals surface area contributed by atoms with Crippen LogP contribution in [-0.4, -0.2) is 72.2 Å². The summed E-state index contributed by atoms with van der Waals surface area (Å²) >= 11 is 1.75. The molecular formula is C15H25ClN4O3S2. The van der Waals surface area contributed by atoms with Gasteiger partial charge in [-0.3, -0.25) is 4.79 Å². The van der Waals surface area contributed by atoms with Crippen LogP contribution in [0.5, 0.6) is 0 Å². The van der Waals surface area contributed by atoms with Crippen molar-refractivity contribution in [2.24, 2.45) is 11.7 Å². The predicted octanol–water partition coefficient (Wildman–Crippen LogP) is 0.983. The fraction of sp³-hybridized carbons (Fsp3) is 0.667. The average Bonchev–Trinajstić information content (AvgIpc) is 3.22. The molecule has 1 aromatic rings. The molecule has 2 unspecified atom stereocenters. The monoisotopic (exact) mass is 408 g/mol. The zero-order valence-electron chi connectivity index (χ0n) is 14.2. The third-order valence-corrected chi connectivity index (χ3v) is 7.57. The highest BCUT2D eigenvalue weighted by atomic mass is 35.5. The van der Waals surface area contributed by atoms with Crippen LogP contribution in [0.4, 0.5) is 0 Å². The zero-order valence-corrected chi connectivity index (χ0v) is 16.6. The highest BCUT2D eigenvalue weighted by Crippen LogP contribution is 2.25. The van der Waals surface area contributed by atoms with Gasteiger partial charge in [-0.15, -0.1) is 12.4 Å². The quantitative estimate of drug-likeness (QED) is 0.773. The van der Waals surface area contributed by atoms with Crippen molar-refractivity contribution in [2.45, 2.75) is 24.3 Å². The van der Waals surface area contributed by atoms with Gasteiger partial charge in [0.2, 0.25) is 10.0 Å². The lowest BCUT2D eigenvalue weighted by Gasteiger charge is -2.25. The summed E-state index contributed by atoms with van der Waals surface area (Å²) in [5.74, 6) is 1.77. The van der Waals surface area contributed by atoms with E-state index in [9.17, 15) is 13.2 Å². The fourth-order valence-corrected chi connectivity index (χ4v) is 5.90. The molecular weight excluding hydrogens is 384 g/mol. The van der Waals surface area contributed by atoms with E-state index in [0.717, 1.165) is 17.9 Å². The molecule has 142 valence electrons. The summed E-state index contributed by atoms with van der Waals surface area (Å²) in [5, 5.41) is 0. The molecule has 0 spiro atoms. The Hall–Kier alpha value is -0.740. The Labute approximate surface area is 159 Å². The number of amides is 1. The Bertz CT molecular complexity index is 703. The lowest BCUT2D eigenvalue weighted by Crippen LogP contribution is -2.37. The van der Waals surface area contributed by atoms with E-state index < -0.39 is 10.0 Å². The second-order valence-electron chi connectivity index (χ2n) is 6.41. The van der Waals surface area contributed by atoms with Gasteiger partial charge in [0.15, 0.2) is 0 Å². The van der Waals surface area contributed by atoms with Crippen LogP contribution in [0.3, 0.4) is 0 Å². The number of halogens is 1. The van der Waals surface area contributed by atoms with E-state index in [1.807, 2.05) is 6.92 Å². The number of H-pyrrole nitrogens is 1. The van der Waals surface area contributed by atoms with Crippen molar-refractivity contribution in [3.8, 4) is 0 Å². The Morgan fingerprint density at radius 2 is 2.08 bits per heavy atom. The van der Waals surface area contributed by atoms with Crippen LogP contribution in [0.2, 0.25) is 0 Å². The SMILES string of the molecule is CC1CC(CN)CN1C(=O)c1cc(S(=O)(=O)N2CCSCC2)c[nH]1.Cl. The van der Waals surface area contributed by atoms with Gasteiger partial charge in [0, 0.05) is 43.4 Å². The van der Waals surface area contributed by atoms with Gasteiger partial charge >= 0.3 is 0 Å². The lowest BCUT2D eigenvalue weighted by molar-refractivity contribution is 0.0738. The summed E-state index contributed by atoms with van der Waals surface area (Å²) in [6, 6.07) is 1.58. The van der Waals surface area contributed by atoms with Gasteiger partial charge < -0.3 is 15.6 Å². The number of likely N-dealkylation sites (tertiary alicyclic amines) is 1. The number of aromatic amines is 1. The van der Waals surface area contributed by atoms with Gasteiger partial charge in [-0.1, -0.05) is 0 Å². The molecule has 2 saturated heterocycles. The summed E-state index contributed by atoms with van der Waals surface area (Å²) in [6.07, 6.45) is 2.31. The van der Waals surface area contributed by atoms with Crippen molar-refractivity contribution in [1.29, 1.82) is 0 Å². The molecule has 2 aliphatic heterocycles. The van der Waals surface area contributed by atoms with E-state index in [1.54, 1.807) is 16.7 Å². The molecule has 25 heavy (non-hydrogen) atoms. The summed E-state index contributed by atoms with van der Waals surface area (Å²) in [5.41, 5.74) is 6.03. The predicted molar refractivity (Wildman–Crippen MR) is 102 cm³/mol. The van der Waals surface area contributed by atoms with E-state index in [-0.39, 0.29) is 29.3 Å². The zero-order chi connectivity index (χ0) is 17.3. The van der Waals surface area contributed by atoms with Crippen molar-refractivity contribution < 1.29 is 13.2 Å². The van der Waals surface area contributed by atoms with E-state index in [4.69, 9.17) is 5.73 Å². The number of nitrogens with zero attached hydrogens (tertiary/aromatic N) is 2. The normalized spacial score (nSPS) is 25.0. The molecule has 0 aliphatic carbocycles. The highest BCUT2D eigenvalue weighted by molar-refractivity contribution is 7.99. The van der Waals surface area contributed by atoms with Gasteiger partial charge in [0.1, 0.15) is 10.6 Å². The number of nitrogens with one attached hydrogen (secondary N) is 1. The molecule has 10 heteroatoms. The first-order valence-electron chi connectivity index (χ1n) is 8.21. The number of thioether (sulfide) groups is 1. The first-order valence-corrected chi connectivity index (χ1v) is 10.8. The molecule has 0 saturated carbocycles. The molecule has 0 radical (unpaired) electrons. The minimum atomic E-state index is -3.53. The summed E-state index contributed by atoms with van der Waals surface area (Å²) in [4.78, 5) is 17.5. The molecule has 2 aliphatic rings. The molecule has 3 heterocycles. The van der Waals surface area contributed by atoms with Crippen LogP contribution in [0.15, 0.2) is 17.2 Å². The molecule has 2 atom stereocenters. The highest BCUT2D eigenvalue weighted by Gasteiger charge is 2.34. The second-order valence-corrected chi connectivity index (χ2v) is 9.57. The van der Waals surface area contributed by atoms with E-state index in [2.05, 4.69) is 4.98 Å². The standard InChI is InChI=1S/C15H24N4O3S2.ClH/c1-11-6-12(8-16)10-19(11)15(20)14-7-13(9-17-14)24(21,22)18-2-4-23-5-3-18;/h7,9,11-12,17H,2-6,8,10,16H2,1H3;1H. The van der Waals surface area contributed by atoms with Crippen molar-refractivity contribution in [2.75, 3.05) is 37.7 Å². The van der Waals surface area contributed by atoms with Crippen LogP contribution in [0.1, 0.15) is 23.8 Å². The lowest BCUT2D eigenvalue weighted by atomic mass is 10.1. The number of rotatable bonds is 4. The van der Waals surface area contributed by atoms with Gasteiger partial charge in [-0.2, -0.15) is 16.1 Å². The Morgan fingerprint density at radius 1 is 1.40 bits per heavy atom. The first-order chi connectivity index (χ1) is 11.4. The van der Waals surface area contributed by atoms with E-state index in [1.165, 1.54) is 16.6 Å². The van der Waals surface area contributed by atoms with Crippen molar-refractivity contribution >= 4 is 40.1 Å². The summed E-state index contributed by atoms with van der Waals surface area (Å²) in [7, 11) is -3.53. The molecule has 3 rings (SSSR count). The summed E-state index contributed by atoms with van der Waals surface area (Å²) < 4.78 is 26.8. The van der Waals surface area contributed by atoms with Gasteiger partial charge in [-0.05, 0) is 31.9 Å². The van der Waals surface area contributed by atoms with E-state index in [0.29, 0.717) is 37.8 Å². The maximum Gasteiger partial charge on any atom is 0.270 e. The second kappa shape index (κ2) is 8.30. The topological polar surface area (TPSA) is 99.5 Å². The van der Waals surface area contributed by atoms with Crippen LogP contribution in [0.25, 0.3) is 0 Å². The van der Waals surface area contributed by atoms with Gasteiger partial charge in [0.05, 0.1) is 0 Å². The molecule has 1 amide bonds. The number of sulfonamides is 1. The molecule has 3 N–H and O–H groups in total. The van der Waals surface area contributed by atoms with Crippen molar-refractivity contribution in [1.82, 2.24) is 14.2 Å². The maximum atomic E-state index is 12.7. The minimum Gasteiger partial charge on any atom is -0.356 e. The number of carbonyl (C=O) groups excluding carboxylic acids is 1. The van der Waals surface area contributed by atoms with E-state index >= 15 is 0 Å². The number of nitrogens with two attached hydrogens (primary N) is 1. The van der Waals surface area contributed by atoms with Gasteiger partial charge in [0.25, 0.3) is 5.91 Å². The average molecular weight is 409 g/mol. The minimum absolute atomic E-state index is 0. The Balaban J connectivity index is 0.00000225. The largest absolute Gasteiger partial charge is 0.356 e. The summed E-state index contributed by atoms with van der Waals surface area (Å²) in [6.45, 7) is 4.22. The molecule has 0 bridgehead atoms. The number of aromatic nitrogens is 1. The number of carbonyl (C=O) groups is 1. The molecule has 2 fully saturated rings. The van der Waals surface area contributed by atoms with Crippen LogP contribution in [0, 0.1) is 5.92 Å². The Kier molecular flexibility index (Phi) is 6.83. The van der Waals surface area contributed by atoms with Crippen LogP contribution >= 0.6 is 24.2 Å². The van der Waals surface area contributed by atoms with Gasteiger partial charge in [-0.25, -0.2) is 8.42 Å².